The number of hydrogen-bond donors (Lipinski definition) is 2. The third-order valence-corrected chi connectivity index (χ3v) is 7.80. The van der Waals surface area contributed by atoms with Crippen molar-refractivity contribution in [2.24, 2.45) is 0 Å². The van der Waals surface area contributed by atoms with E-state index in [4.69, 9.17) is 4.84 Å². The van der Waals surface area contributed by atoms with Crippen LogP contribution in [-0.2, 0) is 33.8 Å². The van der Waals surface area contributed by atoms with Gasteiger partial charge in [-0.2, -0.15) is 0 Å². The van der Waals surface area contributed by atoms with Gasteiger partial charge in [-0.25, -0.2) is 14.0 Å². The number of hydroxylamine groups is 2. The van der Waals surface area contributed by atoms with Crippen molar-refractivity contribution in [1.29, 1.82) is 0 Å². The zero-order valence-corrected chi connectivity index (χ0v) is 19.7. The Hall–Kier alpha value is -2.09. The zero-order valence-electron chi connectivity index (χ0n) is 17.3. The predicted molar refractivity (Wildman–Crippen MR) is 123 cm³/mol. The number of aromatic nitrogens is 1. The maximum Gasteiger partial charge on any atom is 0.333 e. The number of unbranched alkanes of at least 4 members (excludes halogenated alkanes) is 2. The Morgan fingerprint density at radius 2 is 2.06 bits per heavy atom. The molecule has 1 aliphatic heterocycles. The van der Waals surface area contributed by atoms with Gasteiger partial charge in [0.15, 0.2) is 0 Å². The number of nitrogens with one attached hydrogen (secondary N) is 1. The average molecular weight is 504 g/mol. The molecule has 3 amide bonds. The number of imide groups is 1. The molecule has 1 aliphatic rings. The van der Waals surface area contributed by atoms with E-state index in [1.807, 2.05) is 18.2 Å². The zero-order chi connectivity index (χ0) is 23.6. The molecule has 176 valence electrons. The Labute approximate surface area is 194 Å². The molecule has 32 heavy (non-hydrogen) atoms. The van der Waals surface area contributed by atoms with E-state index in [1.54, 1.807) is 17.0 Å². The monoisotopic (exact) mass is 503 g/mol. The normalized spacial score (nSPS) is 17.8. The fourth-order valence-corrected chi connectivity index (χ4v) is 5.32. The van der Waals surface area contributed by atoms with Gasteiger partial charge in [0, 0.05) is 31.3 Å². The molecule has 0 radical (unpaired) electrons. The Morgan fingerprint density at radius 1 is 1.28 bits per heavy atom. The number of hydrogen-bond acceptors (Lipinski definition) is 9. The van der Waals surface area contributed by atoms with E-state index in [0.717, 1.165) is 5.03 Å². The highest BCUT2D eigenvalue weighted by atomic mass is 33.1. The Balaban J connectivity index is 1.51. The smallest absolute Gasteiger partial charge is 0.333 e. The molecular weight excluding hydrogens is 478 g/mol. The van der Waals surface area contributed by atoms with Crippen LogP contribution in [0.5, 0.6) is 0 Å². The van der Waals surface area contributed by atoms with Crippen LogP contribution in [0.2, 0.25) is 0 Å². The maximum absolute atomic E-state index is 11.9. The van der Waals surface area contributed by atoms with Gasteiger partial charge in [-0.15, -0.1) is 5.06 Å². The third kappa shape index (κ3) is 8.81. The second-order valence-corrected chi connectivity index (χ2v) is 11.2. The van der Waals surface area contributed by atoms with E-state index < -0.39 is 39.3 Å². The van der Waals surface area contributed by atoms with Crippen LogP contribution >= 0.6 is 21.6 Å². The van der Waals surface area contributed by atoms with Crippen molar-refractivity contribution in [1.82, 2.24) is 15.4 Å². The molecule has 2 rings (SSSR count). The topological polar surface area (TPSA) is 143 Å². The van der Waals surface area contributed by atoms with Crippen LogP contribution in [0.3, 0.4) is 0 Å². The molecule has 2 heterocycles. The van der Waals surface area contributed by atoms with E-state index in [2.05, 4.69) is 16.2 Å². The van der Waals surface area contributed by atoms with Gasteiger partial charge in [0.1, 0.15) is 10.3 Å². The number of nitrogens with zero attached hydrogens (tertiary/aromatic N) is 2. The van der Waals surface area contributed by atoms with Crippen molar-refractivity contribution >= 4 is 61.0 Å². The van der Waals surface area contributed by atoms with Crippen LogP contribution in [-0.4, -0.2) is 65.9 Å². The maximum atomic E-state index is 11.9. The van der Waals surface area contributed by atoms with Gasteiger partial charge in [0.25, 0.3) is 11.8 Å². The van der Waals surface area contributed by atoms with Gasteiger partial charge in [-0.3, -0.25) is 14.4 Å². The summed E-state index contributed by atoms with van der Waals surface area (Å²) in [6, 6.07) is 5.65. The molecular formula is C19H25N3O7S3. The molecule has 0 aliphatic carbocycles. The van der Waals surface area contributed by atoms with Crippen molar-refractivity contribution in [3.05, 3.63) is 24.4 Å². The van der Waals surface area contributed by atoms with E-state index >= 15 is 0 Å². The second-order valence-electron chi connectivity index (χ2n) is 6.86. The minimum atomic E-state index is -3.75. The predicted octanol–water partition coefficient (Wildman–Crippen LogP) is 1.66. The standard InChI is InChI=1S/C19H25N3O7S3/c1-32(27,28)14-13-17(24)22(19(14)26)29-18(25)8-3-2-5-10-20-15(23)9-12-30-31-16-7-4-6-11-21-16/h4,6-7,11,14H,1-3,5,8-10,12-13H2,(H,20,23)(H,27,28). The lowest BCUT2D eigenvalue weighted by molar-refractivity contribution is -0.197. The number of pyridine rings is 1. The Kier molecular flexibility index (Phi) is 10.5. The summed E-state index contributed by atoms with van der Waals surface area (Å²) in [6.07, 6.45) is 3.29. The van der Waals surface area contributed by atoms with Crippen LogP contribution < -0.4 is 5.32 Å². The SMILES string of the molecule is C=S(=O)(O)C1CC(=O)N(OC(=O)CCCCCNC(=O)CCSSc2ccccn2)C1=O. The molecule has 2 N–H and O–H groups in total. The highest BCUT2D eigenvalue weighted by molar-refractivity contribution is 8.76. The first-order chi connectivity index (χ1) is 15.2. The quantitative estimate of drug-likeness (QED) is 0.177. The molecule has 2 unspecified atom stereocenters. The number of carbonyl (C=O) groups excluding carboxylic acids is 4. The van der Waals surface area contributed by atoms with Gasteiger partial charge in [0.2, 0.25) is 5.91 Å². The fraction of sp³-hybridized carbons (Fsp3) is 0.474. The molecule has 0 spiro atoms. The highest BCUT2D eigenvalue weighted by Crippen LogP contribution is 2.29. The summed E-state index contributed by atoms with van der Waals surface area (Å²) in [5, 5.41) is 2.45. The summed E-state index contributed by atoms with van der Waals surface area (Å²) in [5.74, 6) is 0.921. The molecule has 2 atom stereocenters. The fourth-order valence-electron chi connectivity index (χ4n) is 2.63. The molecule has 1 aromatic rings. The van der Waals surface area contributed by atoms with Gasteiger partial charge < -0.3 is 14.7 Å². The summed E-state index contributed by atoms with van der Waals surface area (Å²) in [7, 11) is -0.676. The minimum absolute atomic E-state index is 0.0318. The van der Waals surface area contributed by atoms with Crippen LogP contribution in [0.15, 0.2) is 29.4 Å². The molecule has 1 saturated heterocycles. The van der Waals surface area contributed by atoms with E-state index in [9.17, 15) is 27.9 Å². The Bertz CT molecular complexity index is 925. The molecule has 0 saturated carbocycles. The molecule has 13 heteroatoms. The van der Waals surface area contributed by atoms with Crippen molar-refractivity contribution < 1.29 is 32.8 Å². The Morgan fingerprint density at radius 3 is 2.72 bits per heavy atom. The minimum Gasteiger partial charge on any atom is -0.356 e. The van der Waals surface area contributed by atoms with Gasteiger partial charge in [0.05, 0.1) is 16.2 Å². The highest BCUT2D eigenvalue weighted by Gasteiger charge is 2.45. The number of amides is 3. The largest absolute Gasteiger partial charge is 0.356 e. The summed E-state index contributed by atoms with van der Waals surface area (Å²) in [4.78, 5) is 56.3. The first kappa shape index (κ1) is 26.2. The van der Waals surface area contributed by atoms with Crippen LogP contribution in [0, 0.1) is 0 Å². The number of carbonyl (C=O) groups is 4. The van der Waals surface area contributed by atoms with E-state index in [1.165, 1.54) is 10.8 Å². The summed E-state index contributed by atoms with van der Waals surface area (Å²) in [5.41, 5.74) is 0. The van der Waals surface area contributed by atoms with Crippen LogP contribution in [0.4, 0.5) is 0 Å². The molecule has 1 aromatic heterocycles. The molecule has 1 fully saturated rings. The third-order valence-electron chi connectivity index (χ3n) is 4.27. The lowest BCUT2D eigenvalue weighted by Crippen LogP contribution is -2.36. The van der Waals surface area contributed by atoms with Crippen LogP contribution in [0.25, 0.3) is 0 Å². The molecule has 0 bridgehead atoms. The van der Waals surface area contributed by atoms with Crippen LogP contribution in [0.1, 0.15) is 38.5 Å². The summed E-state index contributed by atoms with van der Waals surface area (Å²) < 4.78 is 20.9. The van der Waals surface area contributed by atoms with Crippen molar-refractivity contribution in [3.63, 3.8) is 0 Å². The second kappa shape index (κ2) is 12.8. The lowest BCUT2D eigenvalue weighted by Gasteiger charge is -2.14. The van der Waals surface area contributed by atoms with Gasteiger partial charge >= 0.3 is 5.97 Å². The van der Waals surface area contributed by atoms with Crippen molar-refractivity contribution in [3.8, 4) is 0 Å². The van der Waals surface area contributed by atoms with Crippen molar-refractivity contribution in [2.45, 2.75) is 48.8 Å². The van der Waals surface area contributed by atoms with E-state index in [-0.39, 0.29) is 17.4 Å². The lowest BCUT2D eigenvalue weighted by atomic mass is 10.2. The average Bonchev–Trinajstić information content (AvgIpc) is 3.03. The summed E-state index contributed by atoms with van der Waals surface area (Å²) in [6.45, 7) is 0.477. The molecule has 10 nitrogen and oxygen atoms in total. The van der Waals surface area contributed by atoms with E-state index in [0.29, 0.717) is 38.0 Å². The first-order valence-corrected chi connectivity index (χ1v) is 13.9. The first-order valence-electron chi connectivity index (χ1n) is 9.82. The molecule has 0 aromatic carbocycles. The van der Waals surface area contributed by atoms with Crippen molar-refractivity contribution in [2.75, 3.05) is 12.3 Å². The number of rotatable bonds is 13. The van der Waals surface area contributed by atoms with Gasteiger partial charge in [-0.1, -0.05) is 23.3 Å². The van der Waals surface area contributed by atoms with Gasteiger partial charge in [-0.05, 0) is 41.6 Å². The summed E-state index contributed by atoms with van der Waals surface area (Å²) >= 11 is 0.